The Morgan fingerprint density at radius 1 is 1.42 bits per heavy atom. The van der Waals surface area contributed by atoms with Crippen LogP contribution in [0.1, 0.15) is 36.0 Å². The Bertz CT molecular complexity index is 460. The number of nitrogen functional groups attached to an aromatic ring is 1. The average Bonchev–Trinajstić information content (AvgIpc) is 2.42. The standard InChI is InChI=1S/C14H20N2O3/c15-12-6-3-5-11(13(12)18)14(19)16-8-2-1-4-10(16)7-9-17/h3,5-6,10,17-18H,1-2,4,7-9,15H2. The SMILES string of the molecule is Nc1cccc(C(=O)N2CCCCC2CCO)c1O. The summed E-state index contributed by atoms with van der Waals surface area (Å²) >= 11 is 0. The van der Waals surface area contributed by atoms with E-state index < -0.39 is 0 Å². The summed E-state index contributed by atoms with van der Waals surface area (Å²) in [4.78, 5) is 14.2. The van der Waals surface area contributed by atoms with Gasteiger partial charge in [-0.3, -0.25) is 4.79 Å². The number of rotatable bonds is 3. The molecule has 0 aromatic heterocycles. The summed E-state index contributed by atoms with van der Waals surface area (Å²) in [5, 5.41) is 19.0. The van der Waals surface area contributed by atoms with Gasteiger partial charge in [-0.1, -0.05) is 6.07 Å². The number of aliphatic hydroxyl groups excluding tert-OH is 1. The maximum atomic E-state index is 12.5. The van der Waals surface area contributed by atoms with Crippen LogP contribution in [0.5, 0.6) is 5.75 Å². The highest BCUT2D eigenvalue weighted by Crippen LogP contribution is 2.28. The fourth-order valence-electron chi connectivity index (χ4n) is 2.61. The van der Waals surface area contributed by atoms with E-state index in [0.717, 1.165) is 19.3 Å². The maximum absolute atomic E-state index is 12.5. The van der Waals surface area contributed by atoms with Gasteiger partial charge in [0.15, 0.2) is 5.75 Å². The predicted molar refractivity (Wildman–Crippen MR) is 72.9 cm³/mol. The smallest absolute Gasteiger partial charge is 0.257 e. The summed E-state index contributed by atoms with van der Waals surface area (Å²) in [6, 6.07) is 4.85. The van der Waals surface area contributed by atoms with E-state index >= 15 is 0 Å². The number of phenolic OH excluding ortho intramolecular Hbond substituents is 1. The van der Waals surface area contributed by atoms with E-state index in [2.05, 4.69) is 0 Å². The van der Waals surface area contributed by atoms with E-state index in [9.17, 15) is 9.90 Å². The second-order valence-corrected chi connectivity index (χ2v) is 4.90. The van der Waals surface area contributed by atoms with Gasteiger partial charge in [-0.05, 0) is 37.8 Å². The van der Waals surface area contributed by atoms with E-state index in [1.807, 2.05) is 0 Å². The van der Waals surface area contributed by atoms with Gasteiger partial charge in [0.2, 0.25) is 0 Å². The predicted octanol–water partition coefficient (Wildman–Crippen LogP) is 1.35. The first-order chi connectivity index (χ1) is 9.15. The summed E-state index contributed by atoms with van der Waals surface area (Å²) in [6.07, 6.45) is 3.50. The van der Waals surface area contributed by atoms with Gasteiger partial charge in [-0.15, -0.1) is 0 Å². The van der Waals surface area contributed by atoms with Crippen molar-refractivity contribution in [3.63, 3.8) is 0 Å². The average molecular weight is 264 g/mol. The number of phenols is 1. The first-order valence-electron chi connectivity index (χ1n) is 6.64. The number of aliphatic hydroxyl groups is 1. The molecule has 1 unspecified atom stereocenters. The van der Waals surface area contributed by atoms with Crippen LogP contribution in [0.2, 0.25) is 0 Å². The fourth-order valence-corrected chi connectivity index (χ4v) is 2.61. The highest BCUT2D eigenvalue weighted by molar-refractivity contribution is 5.98. The minimum absolute atomic E-state index is 0.0482. The third kappa shape index (κ3) is 2.81. The van der Waals surface area contributed by atoms with Gasteiger partial charge in [-0.25, -0.2) is 0 Å². The number of likely N-dealkylation sites (tertiary alicyclic amines) is 1. The number of hydrogen-bond acceptors (Lipinski definition) is 4. The van der Waals surface area contributed by atoms with Gasteiger partial charge >= 0.3 is 0 Å². The van der Waals surface area contributed by atoms with Gasteiger partial charge in [-0.2, -0.15) is 0 Å². The summed E-state index contributed by atoms with van der Waals surface area (Å²) in [7, 11) is 0. The lowest BCUT2D eigenvalue weighted by Gasteiger charge is -2.35. The molecule has 1 atom stereocenters. The number of nitrogens with two attached hydrogens (primary N) is 1. The zero-order valence-electron chi connectivity index (χ0n) is 10.9. The van der Waals surface area contributed by atoms with Crippen LogP contribution in [0.4, 0.5) is 5.69 Å². The van der Waals surface area contributed by atoms with Gasteiger partial charge in [0.05, 0.1) is 11.3 Å². The molecular weight excluding hydrogens is 244 g/mol. The Kier molecular flexibility index (Phi) is 4.27. The van der Waals surface area contributed by atoms with E-state index in [4.69, 9.17) is 10.8 Å². The van der Waals surface area contributed by atoms with Gasteiger partial charge in [0, 0.05) is 19.2 Å². The molecule has 1 aromatic carbocycles. The Hall–Kier alpha value is -1.75. The molecule has 19 heavy (non-hydrogen) atoms. The lowest BCUT2D eigenvalue weighted by molar-refractivity contribution is 0.0572. The molecule has 1 heterocycles. The zero-order chi connectivity index (χ0) is 13.8. The van der Waals surface area contributed by atoms with Crippen LogP contribution >= 0.6 is 0 Å². The molecule has 5 nitrogen and oxygen atoms in total. The molecule has 1 saturated heterocycles. The van der Waals surface area contributed by atoms with Crippen LogP contribution in [-0.4, -0.2) is 40.2 Å². The largest absolute Gasteiger partial charge is 0.505 e. The molecule has 4 N–H and O–H groups in total. The number of amides is 1. The first-order valence-corrected chi connectivity index (χ1v) is 6.64. The van der Waals surface area contributed by atoms with Crippen LogP contribution in [0, 0.1) is 0 Å². The second kappa shape index (κ2) is 5.93. The van der Waals surface area contributed by atoms with Crippen molar-refractivity contribution in [2.75, 3.05) is 18.9 Å². The van der Waals surface area contributed by atoms with Crippen molar-refractivity contribution in [1.29, 1.82) is 0 Å². The molecule has 1 aliphatic heterocycles. The lowest BCUT2D eigenvalue weighted by atomic mass is 9.98. The molecular formula is C14H20N2O3. The molecule has 0 radical (unpaired) electrons. The zero-order valence-corrected chi connectivity index (χ0v) is 10.9. The highest BCUT2D eigenvalue weighted by Gasteiger charge is 2.28. The molecule has 104 valence electrons. The normalized spacial score (nSPS) is 19.4. The molecule has 5 heteroatoms. The Morgan fingerprint density at radius 3 is 2.95 bits per heavy atom. The van der Waals surface area contributed by atoms with Crippen molar-refractivity contribution in [3.05, 3.63) is 23.8 Å². The van der Waals surface area contributed by atoms with E-state index in [1.165, 1.54) is 0 Å². The Labute approximate surface area is 112 Å². The number of piperidine rings is 1. The van der Waals surface area contributed by atoms with Crippen LogP contribution in [-0.2, 0) is 0 Å². The summed E-state index contributed by atoms with van der Waals surface area (Å²) in [5.41, 5.74) is 6.07. The van der Waals surface area contributed by atoms with E-state index in [1.54, 1.807) is 23.1 Å². The topological polar surface area (TPSA) is 86.8 Å². The molecule has 1 aliphatic rings. The molecule has 1 aromatic rings. The van der Waals surface area contributed by atoms with Gasteiger partial charge in [0.1, 0.15) is 0 Å². The summed E-state index contributed by atoms with van der Waals surface area (Å²) in [6.45, 7) is 0.731. The maximum Gasteiger partial charge on any atom is 0.257 e. The third-order valence-corrected chi connectivity index (χ3v) is 3.65. The molecule has 1 amide bonds. The van der Waals surface area contributed by atoms with Crippen molar-refractivity contribution in [1.82, 2.24) is 4.90 Å². The summed E-state index contributed by atoms with van der Waals surface area (Å²) < 4.78 is 0. The Morgan fingerprint density at radius 2 is 2.21 bits per heavy atom. The molecule has 0 spiro atoms. The van der Waals surface area contributed by atoms with Gasteiger partial charge < -0.3 is 20.8 Å². The molecule has 1 fully saturated rings. The molecule has 0 aliphatic carbocycles. The molecule has 2 rings (SSSR count). The van der Waals surface area contributed by atoms with Crippen LogP contribution in [0.25, 0.3) is 0 Å². The van der Waals surface area contributed by atoms with Crippen LogP contribution < -0.4 is 5.73 Å². The number of anilines is 1. The lowest BCUT2D eigenvalue weighted by Crippen LogP contribution is -2.44. The second-order valence-electron chi connectivity index (χ2n) is 4.90. The Balaban J connectivity index is 2.23. The van der Waals surface area contributed by atoms with Crippen LogP contribution in [0.3, 0.4) is 0 Å². The molecule has 0 bridgehead atoms. The molecule has 0 saturated carbocycles. The fraction of sp³-hybridized carbons (Fsp3) is 0.500. The number of para-hydroxylation sites is 1. The number of carbonyl (C=O) groups is 1. The number of carbonyl (C=O) groups excluding carboxylic acids is 1. The summed E-state index contributed by atoms with van der Waals surface area (Å²) in [5.74, 6) is -0.358. The van der Waals surface area contributed by atoms with Gasteiger partial charge in [0.25, 0.3) is 5.91 Å². The number of nitrogens with zero attached hydrogens (tertiary/aromatic N) is 1. The monoisotopic (exact) mass is 264 g/mol. The quantitative estimate of drug-likeness (QED) is 0.568. The number of hydrogen-bond donors (Lipinski definition) is 3. The van der Waals surface area contributed by atoms with Crippen LogP contribution in [0.15, 0.2) is 18.2 Å². The van der Waals surface area contributed by atoms with E-state index in [0.29, 0.717) is 13.0 Å². The van der Waals surface area contributed by atoms with E-state index in [-0.39, 0.29) is 35.6 Å². The van der Waals surface area contributed by atoms with Crippen molar-refractivity contribution < 1.29 is 15.0 Å². The number of benzene rings is 1. The van der Waals surface area contributed by atoms with Crippen molar-refractivity contribution in [2.45, 2.75) is 31.7 Å². The first kappa shape index (κ1) is 13.7. The minimum atomic E-state index is -0.206. The minimum Gasteiger partial charge on any atom is -0.505 e. The highest BCUT2D eigenvalue weighted by atomic mass is 16.3. The third-order valence-electron chi connectivity index (χ3n) is 3.65. The number of aromatic hydroxyl groups is 1. The van der Waals surface area contributed by atoms with Crippen molar-refractivity contribution >= 4 is 11.6 Å². The van der Waals surface area contributed by atoms with Crippen molar-refractivity contribution in [2.24, 2.45) is 0 Å². The van der Waals surface area contributed by atoms with Crippen molar-refractivity contribution in [3.8, 4) is 5.75 Å².